The molecule has 5 aromatic carbocycles. The second kappa shape index (κ2) is 14.3. The van der Waals surface area contributed by atoms with E-state index in [2.05, 4.69) is 85.9 Å². The number of imidazole rings is 1. The van der Waals surface area contributed by atoms with Crippen molar-refractivity contribution in [1.29, 1.82) is 0 Å². The van der Waals surface area contributed by atoms with Gasteiger partial charge in [-0.1, -0.05) is 135 Å². The number of aryl methyl sites for hydroxylation is 1. The summed E-state index contributed by atoms with van der Waals surface area (Å²) in [5.74, 6) is 2.20. The van der Waals surface area contributed by atoms with Gasteiger partial charge in [0.2, 0.25) is 5.82 Å². The first-order valence-corrected chi connectivity index (χ1v) is 18.9. The first kappa shape index (κ1) is 33.6. The van der Waals surface area contributed by atoms with Gasteiger partial charge in [-0.25, -0.2) is 15.0 Å². The van der Waals surface area contributed by atoms with Crippen LogP contribution in [0.1, 0.15) is 47.8 Å². The zero-order valence-corrected chi connectivity index (χ0v) is 31.1. The molecule has 0 bridgehead atoms. The molecule has 0 spiro atoms. The molecule has 0 radical (unpaired) electrons. The highest BCUT2D eigenvalue weighted by Gasteiger charge is 2.41. The molecule has 0 amide bonds. The van der Waals surface area contributed by atoms with Gasteiger partial charge >= 0.3 is 0 Å². The van der Waals surface area contributed by atoms with E-state index in [1.807, 2.05) is 91.1 Å². The fourth-order valence-corrected chi connectivity index (χ4v) is 8.01. The third kappa shape index (κ3) is 5.79. The van der Waals surface area contributed by atoms with Crippen molar-refractivity contribution in [3.63, 3.8) is 0 Å². The van der Waals surface area contributed by atoms with Crippen molar-refractivity contribution in [2.45, 2.75) is 38.3 Å². The van der Waals surface area contributed by atoms with Crippen LogP contribution in [0.2, 0.25) is 0 Å². The maximum absolute atomic E-state index is 6.60. The summed E-state index contributed by atoms with van der Waals surface area (Å²) in [5.41, 5.74) is 7.37. The molecular weight excluding hydrogens is 736 g/mol. The third-order valence-corrected chi connectivity index (χ3v) is 10.8. The normalized spacial score (nSPS) is 11.8. The van der Waals surface area contributed by atoms with E-state index in [1.165, 1.54) is 0 Å². The fraction of sp³-hybridized carbons (Fsp3) is 0.136. The van der Waals surface area contributed by atoms with Crippen LogP contribution in [0.4, 0.5) is 0 Å². The molecule has 9 rings (SSSR count). The lowest BCUT2D eigenvalue weighted by atomic mass is 9.77. The minimum atomic E-state index is -0.886. The Hall–Kier alpha value is -6.26. The highest BCUT2D eigenvalue weighted by Crippen LogP contribution is 2.43. The van der Waals surface area contributed by atoms with Gasteiger partial charge in [0.25, 0.3) is 0 Å². The standard InChI is InChI=1S/C44H35BrN8O/c1-2-3-23-39-48-43-37(27-46-29-47-43)52(39)28-30-24-25-38-36(26-30)40(45)41(54-38)34-21-13-14-22-35(34)42-49-51-53(50-42)44(31-15-7-4-8-16-31,32-17-9-5-10-18-32)33-19-11-6-12-20-33/h4-22,24-27,29H,2-3,23,28H2,1H3. The van der Waals surface area contributed by atoms with Crippen LogP contribution in [-0.4, -0.2) is 39.7 Å². The van der Waals surface area contributed by atoms with Crippen LogP contribution in [0, 0.1) is 0 Å². The van der Waals surface area contributed by atoms with E-state index in [-0.39, 0.29) is 0 Å². The Labute approximate surface area is 320 Å². The summed E-state index contributed by atoms with van der Waals surface area (Å²) in [5, 5.41) is 15.7. The summed E-state index contributed by atoms with van der Waals surface area (Å²) in [7, 11) is 0. The van der Waals surface area contributed by atoms with Crippen LogP contribution >= 0.6 is 15.9 Å². The lowest BCUT2D eigenvalue weighted by molar-refractivity contribution is 0.396. The van der Waals surface area contributed by atoms with Crippen LogP contribution in [0.3, 0.4) is 0 Å². The lowest BCUT2D eigenvalue weighted by Crippen LogP contribution is -2.39. The number of fused-ring (bicyclic) bond motifs is 2. The Bertz CT molecular complexity index is 2610. The zero-order chi connectivity index (χ0) is 36.5. The van der Waals surface area contributed by atoms with Gasteiger partial charge < -0.3 is 8.98 Å². The number of furan rings is 1. The number of hydrogen-bond acceptors (Lipinski definition) is 7. The summed E-state index contributed by atoms with van der Waals surface area (Å²) in [6.07, 6.45) is 6.43. The maximum Gasteiger partial charge on any atom is 0.205 e. The van der Waals surface area contributed by atoms with Crippen molar-refractivity contribution in [2.24, 2.45) is 0 Å². The van der Waals surface area contributed by atoms with E-state index in [1.54, 1.807) is 11.1 Å². The molecule has 264 valence electrons. The highest BCUT2D eigenvalue weighted by atomic mass is 79.9. The zero-order valence-electron chi connectivity index (χ0n) is 29.5. The summed E-state index contributed by atoms with van der Waals surface area (Å²) in [6.45, 7) is 2.83. The SMILES string of the molecule is CCCCc1nc2ncncc2n1Cc1ccc2oc(-c3ccccc3-c3nnn(C(c4ccccc4)(c4ccccc4)c4ccccc4)n3)c(Br)c2c1. The summed E-state index contributed by atoms with van der Waals surface area (Å²) < 4.78 is 9.68. The monoisotopic (exact) mass is 770 g/mol. The molecule has 9 nitrogen and oxygen atoms in total. The predicted molar refractivity (Wildman–Crippen MR) is 214 cm³/mol. The van der Waals surface area contributed by atoms with E-state index in [9.17, 15) is 0 Å². The second-order valence-corrected chi connectivity index (χ2v) is 14.1. The number of nitrogens with zero attached hydrogens (tertiary/aromatic N) is 8. The highest BCUT2D eigenvalue weighted by molar-refractivity contribution is 9.10. The molecule has 0 aliphatic rings. The molecule has 0 aliphatic heterocycles. The first-order chi connectivity index (χ1) is 26.6. The van der Waals surface area contributed by atoms with Crippen molar-refractivity contribution in [2.75, 3.05) is 0 Å². The van der Waals surface area contributed by atoms with Gasteiger partial charge in [-0.15, -0.1) is 15.0 Å². The van der Waals surface area contributed by atoms with Gasteiger partial charge in [0, 0.05) is 29.5 Å². The Morgan fingerprint density at radius 1 is 0.759 bits per heavy atom. The van der Waals surface area contributed by atoms with Crippen molar-refractivity contribution < 1.29 is 4.42 Å². The second-order valence-electron chi connectivity index (χ2n) is 13.3. The molecule has 0 unspecified atom stereocenters. The number of halogens is 1. The Kier molecular flexibility index (Phi) is 8.88. The van der Waals surface area contributed by atoms with Crippen LogP contribution in [0.15, 0.2) is 155 Å². The quantitative estimate of drug-likeness (QED) is 0.121. The van der Waals surface area contributed by atoms with Crippen LogP contribution in [0.25, 0.3) is 44.8 Å². The van der Waals surface area contributed by atoms with Crippen molar-refractivity contribution in [1.82, 2.24) is 39.7 Å². The summed E-state index contributed by atoms with van der Waals surface area (Å²) in [6, 6.07) is 45.4. The Morgan fingerprint density at radius 2 is 1.41 bits per heavy atom. The van der Waals surface area contributed by atoms with Crippen LogP contribution < -0.4 is 0 Å². The molecule has 54 heavy (non-hydrogen) atoms. The molecule has 0 atom stereocenters. The minimum absolute atomic E-state index is 0.486. The number of unbranched alkanes of at least 4 members (excludes halogenated alkanes) is 1. The smallest absolute Gasteiger partial charge is 0.205 e. The van der Waals surface area contributed by atoms with E-state index in [0.29, 0.717) is 18.1 Å². The minimum Gasteiger partial charge on any atom is -0.455 e. The van der Waals surface area contributed by atoms with Crippen LogP contribution in [-0.2, 0) is 18.5 Å². The molecule has 0 saturated heterocycles. The van der Waals surface area contributed by atoms with Gasteiger partial charge in [0.15, 0.2) is 11.2 Å². The molecule has 10 heteroatoms. The lowest BCUT2D eigenvalue weighted by Gasteiger charge is -2.34. The number of benzene rings is 5. The van der Waals surface area contributed by atoms with E-state index in [0.717, 1.165) is 85.1 Å². The number of aromatic nitrogens is 8. The Morgan fingerprint density at radius 3 is 2.07 bits per heavy atom. The topological polar surface area (TPSA) is 100 Å². The summed E-state index contributed by atoms with van der Waals surface area (Å²) in [4.78, 5) is 15.3. The first-order valence-electron chi connectivity index (χ1n) is 18.1. The van der Waals surface area contributed by atoms with E-state index < -0.39 is 5.54 Å². The largest absolute Gasteiger partial charge is 0.455 e. The van der Waals surface area contributed by atoms with Gasteiger partial charge in [-0.05, 0) is 62.0 Å². The van der Waals surface area contributed by atoms with Gasteiger partial charge in [-0.2, -0.15) is 0 Å². The molecule has 0 fully saturated rings. The average Bonchev–Trinajstić information content (AvgIpc) is 3.95. The molecule has 0 saturated carbocycles. The molecule has 4 aromatic heterocycles. The van der Waals surface area contributed by atoms with Crippen molar-refractivity contribution >= 4 is 38.1 Å². The molecule has 0 N–H and O–H groups in total. The molecular formula is C44H35BrN8O. The number of tetrazole rings is 1. The third-order valence-electron chi connectivity index (χ3n) is 10.00. The van der Waals surface area contributed by atoms with E-state index in [4.69, 9.17) is 24.8 Å². The maximum atomic E-state index is 6.60. The molecule has 9 aromatic rings. The average molecular weight is 772 g/mol. The van der Waals surface area contributed by atoms with Gasteiger partial charge in [0.1, 0.15) is 29.0 Å². The van der Waals surface area contributed by atoms with E-state index >= 15 is 0 Å². The molecule has 0 aliphatic carbocycles. The number of hydrogen-bond donors (Lipinski definition) is 0. The Balaban J connectivity index is 1.13. The summed E-state index contributed by atoms with van der Waals surface area (Å²) >= 11 is 3.93. The van der Waals surface area contributed by atoms with Crippen LogP contribution in [0.5, 0.6) is 0 Å². The fourth-order valence-electron chi connectivity index (χ4n) is 7.41. The van der Waals surface area contributed by atoms with Gasteiger partial charge in [-0.3, -0.25) is 0 Å². The predicted octanol–water partition coefficient (Wildman–Crippen LogP) is 9.89. The van der Waals surface area contributed by atoms with Gasteiger partial charge in [0.05, 0.1) is 10.7 Å². The van der Waals surface area contributed by atoms with Crippen molar-refractivity contribution in [3.05, 3.63) is 179 Å². The molecule has 4 heterocycles. The van der Waals surface area contributed by atoms with Crippen molar-refractivity contribution in [3.8, 4) is 22.7 Å². The number of rotatable bonds is 11.